The molecule has 0 heterocycles. The van der Waals surface area contributed by atoms with Gasteiger partial charge in [-0.2, -0.15) is 0 Å². The van der Waals surface area contributed by atoms with Gasteiger partial charge in [-0.3, -0.25) is 10.1 Å². The summed E-state index contributed by atoms with van der Waals surface area (Å²) in [6.45, 7) is 2.12. The summed E-state index contributed by atoms with van der Waals surface area (Å²) in [4.78, 5) is 23.5. The smallest absolute Gasteiger partial charge is 0.342 e. The molecule has 0 atom stereocenters. The Morgan fingerprint density at radius 3 is 2.62 bits per heavy atom. The summed E-state index contributed by atoms with van der Waals surface area (Å²) >= 11 is 1.46. The molecule has 0 amide bonds. The molecule has 0 aliphatic carbocycles. The van der Waals surface area contributed by atoms with Crippen LogP contribution in [0.1, 0.15) is 23.7 Å². The first-order valence-electron chi connectivity index (χ1n) is 7.38. The van der Waals surface area contributed by atoms with Crippen molar-refractivity contribution < 1.29 is 19.2 Å². The number of rotatable bonds is 8. The first-order chi connectivity index (χ1) is 11.6. The van der Waals surface area contributed by atoms with Crippen molar-refractivity contribution in [3.8, 4) is 5.75 Å². The van der Waals surface area contributed by atoms with Gasteiger partial charge in [0, 0.05) is 17.0 Å². The fourth-order valence-electron chi connectivity index (χ4n) is 1.87. The minimum Gasteiger partial charge on any atom is -0.482 e. The monoisotopic (exact) mass is 347 g/mol. The number of esters is 1. The second-order valence-electron chi connectivity index (χ2n) is 4.79. The summed E-state index contributed by atoms with van der Waals surface area (Å²) < 4.78 is 10.7. The maximum Gasteiger partial charge on any atom is 0.342 e. The van der Waals surface area contributed by atoms with Gasteiger partial charge in [0.15, 0.2) is 0 Å². The number of nitrogens with zero attached hydrogens (tertiary/aromatic N) is 1. The molecule has 2 aromatic carbocycles. The maximum absolute atomic E-state index is 12.1. The Labute approximate surface area is 143 Å². The highest BCUT2D eigenvalue weighted by atomic mass is 32.2. The first-order valence-corrected chi connectivity index (χ1v) is 8.36. The lowest BCUT2D eigenvalue weighted by atomic mass is 10.2. The summed E-state index contributed by atoms with van der Waals surface area (Å²) in [6.07, 6.45) is 0.667. The van der Waals surface area contributed by atoms with Gasteiger partial charge in [-0.15, -0.1) is 0 Å². The van der Waals surface area contributed by atoms with Crippen molar-refractivity contribution in [2.24, 2.45) is 0 Å². The van der Waals surface area contributed by atoms with Gasteiger partial charge in [0.2, 0.25) is 0 Å². The lowest BCUT2D eigenvalue weighted by molar-refractivity contribution is -0.384. The summed E-state index contributed by atoms with van der Waals surface area (Å²) in [5, 5.41) is 10.9. The van der Waals surface area contributed by atoms with Crippen LogP contribution in [-0.2, 0) is 4.74 Å². The van der Waals surface area contributed by atoms with E-state index in [4.69, 9.17) is 9.47 Å². The topological polar surface area (TPSA) is 78.7 Å². The molecule has 0 saturated heterocycles. The second-order valence-corrected chi connectivity index (χ2v) is 5.79. The van der Waals surface area contributed by atoms with Crippen molar-refractivity contribution in [2.45, 2.75) is 18.2 Å². The van der Waals surface area contributed by atoms with Gasteiger partial charge >= 0.3 is 5.97 Å². The molecule has 24 heavy (non-hydrogen) atoms. The molecule has 0 saturated carbocycles. The Kier molecular flexibility index (Phi) is 6.62. The van der Waals surface area contributed by atoms with Crippen molar-refractivity contribution in [3.63, 3.8) is 0 Å². The number of non-ortho nitro benzene ring substituents is 1. The van der Waals surface area contributed by atoms with Gasteiger partial charge < -0.3 is 9.47 Å². The summed E-state index contributed by atoms with van der Waals surface area (Å²) in [7, 11) is 0. The lowest BCUT2D eigenvalue weighted by Gasteiger charge is -2.11. The van der Waals surface area contributed by atoms with E-state index in [1.165, 1.54) is 30.0 Å². The van der Waals surface area contributed by atoms with Crippen LogP contribution in [0.4, 0.5) is 5.69 Å². The van der Waals surface area contributed by atoms with E-state index in [2.05, 4.69) is 0 Å². The van der Waals surface area contributed by atoms with Crippen LogP contribution in [0.3, 0.4) is 0 Å². The molecular formula is C17H17NO5S. The van der Waals surface area contributed by atoms with Gasteiger partial charge in [-0.25, -0.2) is 4.79 Å². The highest BCUT2D eigenvalue weighted by molar-refractivity contribution is 7.99. The van der Waals surface area contributed by atoms with E-state index in [0.717, 1.165) is 4.90 Å². The predicted molar refractivity (Wildman–Crippen MR) is 91.5 cm³/mol. The van der Waals surface area contributed by atoms with Gasteiger partial charge in [-0.1, -0.05) is 36.9 Å². The number of carbonyl (C=O) groups excluding carboxylic acids is 1. The Hall–Kier alpha value is -2.54. The van der Waals surface area contributed by atoms with Crippen LogP contribution in [0.15, 0.2) is 53.4 Å². The molecule has 2 aromatic rings. The van der Waals surface area contributed by atoms with Crippen LogP contribution < -0.4 is 4.74 Å². The zero-order valence-electron chi connectivity index (χ0n) is 13.1. The van der Waals surface area contributed by atoms with Gasteiger partial charge in [0.25, 0.3) is 5.69 Å². The third-order valence-electron chi connectivity index (χ3n) is 3.01. The molecule has 0 radical (unpaired) electrons. The van der Waals surface area contributed by atoms with Gasteiger partial charge in [-0.05, 0) is 24.6 Å². The quantitative estimate of drug-likeness (QED) is 0.233. The first kappa shape index (κ1) is 17.8. The highest BCUT2D eigenvalue weighted by Crippen LogP contribution is 2.27. The van der Waals surface area contributed by atoms with E-state index >= 15 is 0 Å². The fourth-order valence-corrected chi connectivity index (χ4v) is 2.54. The number of thioether (sulfide) groups is 1. The largest absolute Gasteiger partial charge is 0.482 e. The number of benzene rings is 2. The standard InChI is InChI=1S/C17H17NO5S/c1-2-10-22-17(19)15-11-13(18(20)21)8-9-16(15)23-12-24-14-6-4-3-5-7-14/h3-9,11H,2,10,12H2,1H3. The normalized spacial score (nSPS) is 10.2. The average Bonchev–Trinajstić information content (AvgIpc) is 2.60. The predicted octanol–water partition coefficient (Wildman–Crippen LogP) is 4.29. The zero-order chi connectivity index (χ0) is 17.4. The van der Waals surface area contributed by atoms with Crippen LogP contribution in [0.25, 0.3) is 0 Å². The SMILES string of the molecule is CCCOC(=O)c1cc([N+](=O)[O-])ccc1OCSc1ccccc1. The molecule has 0 aromatic heterocycles. The molecule has 0 fully saturated rings. The van der Waals surface area contributed by atoms with E-state index in [9.17, 15) is 14.9 Å². The molecule has 0 spiro atoms. The van der Waals surface area contributed by atoms with Crippen LogP contribution in [0, 0.1) is 10.1 Å². The van der Waals surface area contributed by atoms with E-state index < -0.39 is 10.9 Å². The Balaban J connectivity index is 2.11. The number of nitro groups is 1. The van der Waals surface area contributed by atoms with E-state index in [1.807, 2.05) is 37.3 Å². The van der Waals surface area contributed by atoms with Crippen LogP contribution in [-0.4, -0.2) is 23.4 Å². The molecule has 6 nitrogen and oxygen atoms in total. The third-order valence-corrected chi connectivity index (χ3v) is 3.86. The van der Waals surface area contributed by atoms with E-state index in [1.54, 1.807) is 0 Å². The van der Waals surface area contributed by atoms with Crippen LogP contribution in [0.2, 0.25) is 0 Å². The highest BCUT2D eigenvalue weighted by Gasteiger charge is 2.19. The van der Waals surface area contributed by atoms with Crippen LogP contribution in [0.5, 0.6) is 5.75 Å². The zero-order valence-corrected chi connectivity index (χ0v) is 14.0. The number of hydrogen-bond donors (Lipinski definition) is 0. The lowest BCUT2D eigenvalue weighted by Crippen LogP contribution is -2.09. The Morgan fingerprint density at radius 1 is 1.21 bits per heavy atom. The number of carbonyl (C=O) groups is 1. The average molecular weight is 347 g/mol. The van der Waals surface area contributed by atoms with Crippen molar-refractivity contribution in [3.05, 3.63) is 64.2 Å². The molecule has 0 unspecified atom stereocenters. The molecule has 0 aliphatic rings. The van der Waals surface area contributed by atoms with Crippen molar-refractivity contribution >= 4 is 23.4 Å². The number of ether oxygens (including phenoxy) is 2. The van der Waals surface area contributed by atoms with Gasteiger partial charge in [0.1, 0.15) is 17.3 Å². The molecule has 0 bridgehead atoms. The minimum absolute atomic E-state index is 0.0614. The minimum atomic E-state index is -0.625. The molecule has 0 N–H and O–H groups in total. The molecule has 2 rings (SSSR count). The van der Waals surface area contributed by atoms with E-state index in [-0.39, 0.29) is 29.5 Å². The summed E-state index contributed by atoms with van der Waals surface area (Å²) in [5.41, 5.74) is -0.118. The van der Waals surface area contributed by atoms with Crippen molar-refractivity contribution in [2.75, 3.05) is 12.5 Å². The van der Waals surface area contributed by atoms with Crippen LogP contribution >= 0.6 is 11.8 Å². The van der Waals surface area contributed by atoms with Crippen molar-refractivity contribution in [1.29, 1.82) is 0 Å². The molecule has 7 heteroatoms. The Bertz CT molecular complexity index is 705. The van der Waals surface area contributed by atoms with E-state index in [0.29, 0.717) is 6.42 Å². The third kappa shape index (κ3) is 4.99. The fraction of sp³-hybridized carbons (Fsp3) is 0.235. The maximum atomic E-state index is 12.1. The Morgan fingerprint density at radius 2 is 1.96 bits per heavy atom. The summed E-state index contributed by atoms with van der Waals surface area (Å²) in [5.74, 6) is -0.0824. The van der Waals surface area contributed by atoms with Gasteiger partial charge in [0.05, 0.1) is 11.5 Å². The molecule has 0 aliphatic heterocycles. The second kappa shape index (κ2) is 8.93. The molecule has 126 valence electrons. The number of nitro benzene ring substituents is 1. The van der Waals surface area contributed by atoms with Crippen molar-refractivity contribution in [1.82, 2.24) is 0 Å². The summed E-state index contributed by atoms with van der Waals surface area (Å²) in [6, 6.07) is 13.6. The molecular weight excluding hydrogens is 330 g/mol. The number of hydrogen-bond acceptors (Lipinski definition) is 6.